The van der Waals surface area contributed by atoms with Gasteiger partial charge in [0.2, 0.25) is 0 Å². The molecule has 1 aliphatic heterocycles. The molecular formula is C18H19Cl2N3O. The van der Waals surface area contributed by atoms with E-state index in [0.29, 0.717) is 15.7 Å². The predicted octanol–water partition coefficient (Wildman–Crippen LogP) is 5.63. The van der Waals surface area contributed by atoms with Crippen LogP contribution in [0.4, 0.5) is 21.9 Å². The number of nitrogens with zero attached hydrogens (tertiary/aromatic N) is 1. The molecule has 24 heavy (non-hydrogen) atoms. The van der Waals surface area contributed by atoms with Crippen molar-refractivity contribution in [3.63, 3.8) is 0 Å². The van der Waals surface area contributed by atoms with Gasteiger partial charge in [-0.25, -0.2) is 4.79 Å². The maximum Gasteiger partial charge on any atom is 0.323 e. The van der Waals surface area contributed by atoms with Gasteiger partial charge in [0.25, 0.3) is 0 Å². The minimum atomic E-state index is -0.357. The molecule has 3 rings (SSSR count). The van der Waals surface area contributed by atoms with E-state index >= 15 is 0 Å². The Morgan fingerprint density at radius 3 is 2.33 bits per heavy atom. The van der Waals surface area contributed by atoms with E-state index in [4.69, 9.17) is 23.2 Å². The molecule has 0 saturated carbocycles. The van der Waals surface area contributed by atoms with Gasteiger partial charge < -0.3 is 15.5 Å². The van der Waals surface area contributed by atoms with Crippen LogP contribution in [0.1, 0.15) is 19.3 Å². The highest BCUT2D eigenvalue weighted by atomic mass is 35.5. The summed E-state index contributed by atoms with van der Waals surface area (Å²) in [4.78, 5) is 14.5. The highest BCUT2D eigenvalue weighted by molar-refractivity contribution is 6.35. The van der Waals surface area contributed by atoms with Gasteiger partial charge in [0.1, 0.15) is 0 Å². The van der Waals surface area contributed by atoms with Crippen LogP contribution in [0.25, 0.3) is 0 Å². The molecule has 0 unspecified atom stereocenters. The van der Waals surface area contributed by atoms with Crippen LogP contribution in [0.15, 0.2) is 42.5 Å². The highest BCUT2D eigenvalue weighted by Gasteiger charge is 2.11. The van der Waals surface area contributed by atoms with Gasteiger partial charge in [0.15, 0.2) is 0 Å². The normalized spacial score (nSPS) is 14.3. The quantitative estimate of drug-likeness (QED) is 0.742. The molecule has 1 heterocycles. The number of carbonyl (C=O) groups is 1. The molecule has 0 atom stereocenters. The zero-order valence-corrected chi connectivity index (χ0v) is 14.7. The van der Waals surface area contributed by atoms with Crippen LogP contribution in [0.5, 0.6) is 0 Å². The molecule has 0 aromatic heterocycles. The third-order valence-corrected chi connectivity index (χ3v) is 4.59. The molecule has 2 aromatic rings. The predicted molar refractivity (Wildman–Crippen MR) is 102 cm³/mol. The van der Waals surface area contributed by atoms with Gasteiger partial charge >= 0.3 is 6.03 Å². The Morgan fingerprint density at radius 1 is 0.917 bits per heavy atom. The lowest BCUT2D eigenvalue weighted by molar-refractivity contribution is 0.262. The van der Waals surface area contributed by atoms with E-state index in [1.165, 1.54) is 24.9 Å². The van der Waals surface area contributed by atoms with Crippen LogP contribution in [0.3, 0.4) is 0 Å². The average molecular weight is 364 g/mol. The van der Waals surface area contributed by atoms with Gasteiger partial charge in [0.05, 0.1) is 10.7 Å². The summed E-state index contributed by atoms with van der Waals surface area (Å²) in [6, 6.07) is 12.5. The largest absolute Gasteiger partial charge is 0.372 e. The Hall–Kier alpha value is -1.91. The van der Waals surface area contributed by atoms with Gasteiger partial charge in [-0.2, -0.15) is 0 Å². The number of piperidine rings is 1. The van der Waals surface area contributed by atoms with Crippen molar-refractivity contribution in [3.05, 3.63) is 52.5 Å². The fourth-order valence-corrected chi connectivity index (χ4v) is 3.12. The first kappa shape index (κ1) is 16.9. The summed E-state index contributed by atoms with van der Waals surface area (Å²) >= 11 is 12.0. The molecular weight excluding hydrogens is 345 g/mol. The zero-order valence-electron chi connectivity index (χ0n) is 13.2. The van der Waals surface area contributed by atoms with E-state index in [1.807, 2.05) is 24.3 Å². The van der Waals surface area contributed by atoms with Crippen molar-refractivity contribution in [1.29, 1.82) is 0 Å². The van der Waals surface area contributed by atoms with E-state index in [2.05, 4.69) is 15.5 Å². The van der Waals surface area contributed by atoms with E-state index in [-0.39, 0.29) is 6.03 Å². The smallest absolute Gasteiger partial charge is 0.323 e. The summed E-state index contributed by atoms with van der Waals surface area (Å²) in [5.74, 6) is 0. The summed E-state index contributed by atoms with van der Waals surface area (Å²) < 4.78 is 0. The second-order valence-electron chi connectivity index (χ2n) is 5.80. The Bertz CT molecular complexity index is 713. The van der Waals surface area contributed by atoms with Crippen molar-refractivity contribution in [3.8, 4) is 0 Å². The Kier molecular flexibility index (Phi) is 5.48. The molecule has 1 fully saturated rings. The maximum atomic E-state index is 12.1. The SMILES string of the molecule is O=C(Nc1ccc(N2CCCCC2)cc1)Nc1cc(Cl)ccc1Cl. The first-order chi connectivity index (χ1) is 11.6. The van der Waals surface area contributed by atoms with Gasteiger partial charge in [0, 0.05) is 29.5 Å². The first-order valence-electron chi connectivity index (χ1n) is 8.00. The van der Waals surface area contributed by atoms with Gasteiger partial charge in [-0.1, -0.05) is 23.2 Å². The minimum Gasteiger partial charge on any atom is -0.372 e. The minimum absolute atomic E-state index is 0.357. The number of carbonyl (C=O) groups excluding carboxylic acids is 1. The summed E-state index contributed by atoms with van der Waals surface area (Å²) in [6.07, 6.45) is 3.79. The summed E-state index contributed by atoms with van der Waals surface area (Å²) in [7, 11) is 0. The molecule has 1 saturated heterocycles. The van der Waals surface area contributed by atoms with Crippen molar-refractivity contribution in [1.82, 2.24) is 0 Å². The van der Waals surface area contributed by atoms with Crippen molar-refractivity contribution in [2.45, 2.75) is 19.3 Å². The van der Waals surface area contributed by atoms with Crippen LogP contribution in [0.2, 0.25) is 10.0 Å². The second kappa shape index (κ2) is 7.77. The number of urea groups is 1. The highest BCUT2D eigenvalue weighted by Crippen LogP contribution is 2.26. The van der Waals surface area contributed by atoms with Crippen LogP contribution in [-0.2, 0) is 0 Å². The standard InChI is InChI=1S/C18H19Cl2N3O/c19-13-4-9-16(20)17(12-13)22-18(24)21-14-5-7-15(8-6-14)23-10-2-1-3-11-23/h4-9,12H,1-3,10-11H2,(H2,21,22,24). The van der Waals surface area contributed by atoms with Crippen molar-refractivity contribution >= 4 is 46.3 Å². The summed E-state index contributed by atoms with van der Waals surface area (Å²) in [6.45, 7) is 2.20. The number of halogens is 2. The molecule has 2 amide bonds. The molecule has 2 N–H and O–H groups in total. The fourth-order valence-electron chi connectivity index (χ4n) is 2.79. The third kappa shape index (κ3) is 4.34. The average Bonchev–Trinajstić information content (AvgIpc) is 2.59. The summed E-state index contributed by atoms with van der Waals surface area (Å²) in [5, 5.41) is 6.45. The van der Waals surface area contributed by atoms with Gasteiger partial charge in [-0.3, -0.25) is 0 Å². The lowest BCUT2D eigenvalue weighted by Crippen LogP contribution is -2.29. The second-order valence-corrected chi connectivity index (χ2v) is 6.64. The van der Waals surface area contributed by atoms with E-state index in [9.17, 15) is 4.79 Å². The van der Waals surface area contributed by atoms with E-state index < -0.39 is 0 Å². The lowest BCUT2D eigenvalue weighted by Gasteiger charge is -2.28. The van der Waals surface area contributed by atoms with Gasteiger partial charge in [-0.05, 0) is 61.7 Å². The molecule has 0 spiro atoms. The van der Waals surface area contributed by atoms with Gasteiger partial charge in [-0.15, -0.1) is 0 Å². The number of hydrogen-bond acceptors (Lipinski definition) is 2. The van der Waals surface area contributed by atoms with Crippen LogP contribution < -0.4 is 15.5 Å². The van der Waals surface area contributed by atoms with Crippen molar-refractivity contribution < 1.29 is 4.79 Å². The molecule has 0 radical (unpaired) electrons. The van der Waals surface area contributed by atoms with E-state index in [1.54, 1.807) is 18.2 Å². The molecule has 6 heteroatoms. The fraction of sp³-hybridized carbons (Fsp3) is 0.278. The molecule has 0 aliphatic carbocycles. The summed E-state index contributed by atoms with van der Waals surface area (Å²) in [5.41, 5.74) is 2.40. The zero-order chi connectivity index (χ0) is 16.9. The number of benzene rings is 2. The van der Waals surface area contributed by atoms with E-state index in [0.717, 1.165) is 18.8 Å². The van der Waals surface area contributed by atoms with Crippen molar-refractivity contribution in [2.24, 2.45) is 0 Å². The number of rotatable bonds is 3. The molecule has 0 bridgehead atoms. The Balaban J connectivity index is 1.61. The first-order valence-corrected chi connectivity index (χ1v) is 8.75. The Labute approximate surface area is 151 Å². The number of nitrogens with one attached hydrogen (secondary N) is 2. The molecule has 4 nitrogen and oxygen atoms in total. The molecule has 2 aromatic carbocycles. The molecule has 126 valence electrons. The van der Waals surface area contributed by atoms with Crippen LogP contribution in [-0.4, -0.2) is 19.1 Å². The maximum absolute atomic E-state index is 12.1. The number of anilines is 3. The van der Waals surface area contributed by atoms with Crippen LogP contribution >= 0.6 is 23.2 Å². The lowest BCUT2D eigenvalue weighted by atomic mass is 10.1. The van der Waals surface area contributed by atoms with Crippen molar-refractivity contribution in [2.75, 3.05) is 28.6 Å². The molecule has 1 aliphatic rings. The number of hydrogen-bond donors (Lipinski definition) is 2. The number of amides is 2. The Morgan fingerprint density at radius 2 is 1.62 bits per heavy atom. The third-order valence-electron chi connectivity index (χ3n) is 4.02. The topological polar surface area (TPSA) is 44.4 Å². The van der Waals surface area contributed by atoms with Crippen LogP contribution in [0, 0.1) is 0 Å². The monoisotopic (exact) mass is 363 g/mol.